The fourth-order valence-corrected chi connectivity index (χ4v) is 4.87. The first kappa shape index (κ1) is 22.5. The van der Waals surface area contributed by atoms with Crippen LogP contribution < -0.4 is 15.0 Å². The Morgan fingerprint density at radius 3 is 2.75 bits per heavy atom. The molecule has 0 bridgehead atoms. The van der Waals surface area contributed by atoms with Gasteiger partial charge >= 0.3 is 0 Å². The molecule has 1 fully saturated rings. The highest BCUT2D eigenvalue weighted by molar-refractivity contribution is 5.79. The molecular formula is C25H34N4O3. The first-order valence-electron chi connectivity index (χ1n) is 11.4. The standard InChI is InChI=1S/C25H34N4O3/c1-16-14-29(15-17(2)32-16)24-26-13-20-21(11-25(3,4)12-22(20)28-24)27-23(30)10-18-7-6-8-19(9-18)31-5/h6-9,13,16-17,21H,10-12,14-15H2,1-5H3,(H,27,30)/t16-,17-,21-/m1/s1. The number of nitrogens with zero attached hydrogens (tertiary/aromatic N) is 3. The van der Waals surface area contributed by atoms with Crippen LogP contribution in [0.15, 0.2) is 30.5 Å². The Hall–Kier alpha value is -2.67. The molecule has 3 atom stereocenters. The molecule has 2 aliphatic rings. The van der Waals surface area contributed by atoms with Crippen molar-refractivity contribution in [2.45, 2.75) is 65.2 Å². The lowest BCUT2D eigenvalue weighted by Crippen LogP contribution is -2.46. The Labute approximate surface area is 190 Å². The maximum Gasteiger partial charge on any atom is 0.225 e. The van der Waals surface area contributed by atoms with E-state index in [-0.39, 0.29) is 29.6 Å². The van der Waals surface area contributed by atoms with E-state index in [0.29, 0.717) is 6.42 Å². The van der Waals surface area contributed by atoms with E-state index in [2.05, 4.69) is 42.9 Å². The lowest BCUT2D eigenvalue weighted by Gasteiger charge is -2.38. The molecule has 7 nitrogen and oxygen atoms in total. The quantitative estimate of drug-likeness (QED) is 0.770. The lowest BCUT2D eigenvalue weighted by atomic mass is 9.74. The van der Waals surface area contributed by atoms with E-state index < -0.39 is 0 Å². The van der Waals surface area contributed by atoms with Crippen LogP contribution in [-0.2, 0) is 22.4 Å². The topological polar surface area (TPSA) is 76.6 Å². The molecule has 2 heterocycles. The van der Waals surface area contributed by atoms with Gasteiger partial charge in [-0.2, -0.15) is 0 Å². The van der Waals surface area contributed by atoms with Crippen LogP contribution >= 0.6 is 0 Å². The van der Waals surface area contributed by atoms with E-state index in [9.17, 15) is 4.79 Å². The van der Waals surface area contributed by atoms with Crippen molar-refractivity contribution in [1.29, 1.82) is 0 Å². The van der Waals surface area contributed by atoms with Crippen molar-refractivity contribution in [2.75, 3.05) is 25.1 Å². The number of methoxy groups -OCH3 is 1. The molecule has 172 valence electrons. The fourth-order valence-electron chi connectivity index (χ4n) is 4.87. The monoisotopic (exact) mass is 438 g/mol. The number of aromatic nitrogens is 2. The molecule has 32 heavy (non-hydrogen) atoms. The van der Waals surface area contributed by atoms with Crippen LogP contribution in [0, 0.1) is 5.41 Å². The zero-order valence-corrected chi connectivity index (χ0v) is 19.7. The Morgan fingerprint density at radius 1 is 1.28 bits per heavy atom. The van der Waals surface area contributed by atoms with Crippen molar-refractivity contribution in [1.82, 2.24) is 15.3 Å². The summed E-state index contributed by atoms with van der Waals surface area (Å²) in [5.41, 5.74) is 3.03. The summed E-state index contributed by atoms with van der Waals surface area (Å²) in [6.07, 6.45) is 4.25. The number of carbonyl (C=O) groups excluding carboxylic acids is 1. The van der Waals surface area contributed by atoms with E-state index in [0.717, 1.165) is 54.4 Å². The van der Waals surface area contributed by atoms with Crippen LogP contribution in [0.3, 0.4) is 0 Å². The molecule has 4 rings (SSSR count). The Bertz CT molecular complexity index is 967. The van der Waals surface area contributed by atoms with Crippen LogP contribution in [0.2, 0.25) is 0 Å². The number of ether oxygens (including phenoxy) is 2. The summed E-state index contributed by atoms with van der Waals surface area (Å²) in [5, 5.41) is 3.24. The van der Waals surface area contributed by atoms with E-state index in [1.54, 1.807) is 7.11 Å². The zero-order valence-electron chi connectivity index (χ0n) is 19.7. The van der Waals surface area contributed by atoms with Crippen molar-refractivity contribution >= 4 is 11.9 Å². The molecule has 0 spiro atoms. The fraction of sp³-hybridized carbons (Fsp3) is 0.560. The van der Waals surface area contributed by atoms with E-state index in [1.165, 1.54) is 0 Å². The normalized spacial score (nSPS) is 24.5. The molecule has 1 aromatic carbocycles. The molecular weight excluding hydrogens is 404 g/mol. The second kappa shape index (κ2) is 9.06. The van der Waals surface area contributed by atoms with Gasteiger partial charge in [0, 0.05) is 24.8 Å². The van der Waals surface area contributed by atoms with Crippen LogP contribution in [0.1, 0.15) is 57.0 Å². The summed E-state index contributed by atoms with van der Waals surface area (Å²) >= 11 is 0. The first-order valence-corrected chi connectivity index (χ1v) is 11.4. The minimum absolute atomic E-state index is 0.00758. The number of hydrogen-bond donors (Lipinski definition) is 1. The Kier molecular flexibility index (Phi) is 6.38. The van der Waals surface area contributed by atoms with Crippen LogP contribution in [-0.4, -0.2) is 48.3 Å². The van der Waals surface area contributed by atoms with Crippen molar-refractivity contribution in [3.63, 3.8) is 0 Å². The molecule has 1 aliphatic carbocycles. The predicted molar refractivity (Wildman–Crippen MR) is 124 cm³/mol. The number of morpholine rings is 1. The van der Waals surface area contributed by atoms with Crippen molar-refractivity contribution in [2.24, 2.45) is 5.41 Å². The molecule has 0 saturated carbocycles. The Balaban J connectivity index is 1.52. The molecule has 0 unspecified atom stereocenters. The summed E-state index contributed by atoms with van der Waals surface area (Å²) in [7, 11) is 1.63. The number of rotatable bonds is 5. The zero-order chi connectivity index (χ0) is 22.9. The highest BCUT2D eigenvalue weighted by Gasteiger charge is 2.35. The van der Waals surface area contributed by atoms with Gasteiger partial charge in [-0.05, 0) is 49.8 Å². The van der Waals surface area contributed by atoms with Gasteiger partial charge in [-0.25, -0.2) is 9.97 Å². The second-order valence-corrected chi connectivity index (χ2v) is 9.93. The predicted octanol–water partition coefficient (Wildman–Crippen LogP) is 3.47. The number of nitrogens with one attached hydrogen (secondary N) is 1. The number of carbonyl (C=O) groups is 1. The van der Waals surface area contributed by atoms with Crippen LogP contribution in [0.5, 0.6) is 5.75 Å². The van der Waals surface area contributed by atoms with Crippen LogP contribution in [0.4, 0.5) is 5.95 Å². The number of amides is 1. The SMILES string of the molecule is COc1cccc(CC(=O)N[C@@H]2CC(C)(C)Cc3nc(N4C[C@@H](C)O[C@H](C)C4)ncc32)c1. The summed E-state index contributed by atoms with van der Waals surface area (Å²) in [6, 6.07) is 7.54. The molecule has 0 radical (unpaired) electrons. The number of fused-ring (bicyclic) bond motifs is 1. The molecule has 1 aromatic heterocycles. The highest BCUT2D eigenvalue weighted by Crippen LogP contribution is 2.40. The summed E-state index contributed by atoms with van der Waals surface area (Å²) in [6.45, 7) is 10.2. The minimum Gasteiger partial charge on any atom is -0.497 e. The van der Waals surface area contributed by atoms with Crippen molar-refractivity contribution in [3.8, 4) is 5.75 Å². The summed E-state index contributed by atoms with van der Waals surface area (Å²) in [4.78, 5) is 24.7. The van der Waals surface area contributed by atoms with E-state index in [4.69, 9.17) is 14.5 Å². The van der Waals surface area contributed by atoms with Gasteiger partial charge in [0.15, 0.2) is 0 Å². The average Bonchev–Trinajstić information content (AvgIpc) is 2.71. The summed E-state index contributed by atoms with van der Waals surface area (Å²) in [5.74, 6) is 1.50. The van der Waals surface area contributed by atoms with Gasteiger partial charge in [0.1, 0.15) is 5.75 Å². The maximum absolute atomic E-state index is 12.9. The highest BCUT2D eigenvalue weighted by atomic mass is 16.5. The number of hydrogen-bond acceptors (Lipinski definition) is 6. The van der Waals surface area contributed by atoms with Crippen molar-refractivity contribution < 1.29 is 14.3 Å². The van der Waals surface area contributed by atoms with Gasteiger partial charge < -0.3 is 19.7 Å². The lowest BCUT2D eigenvalue weighted by molar-refractivity contribution is -0.121. The molecule has 2 aromatic rings. The van der Waals surface area contributed by atoms with Crippen LogP contribution in [0.25, 0.3) is 0 Å². The van der Waals surface area contributed by atoms with Gasteiger partial charge in [-0.1, -0.05) is 26.0 Å². The first-order chi connectivity index (χ1) is 15.2. The summed E-state index contributed by atoms with van der Waals surface area (Å²) < 4.78 is 11.1. The number of benzene rings is 1. The number of anilines is 1. The van der Waals surface area contributed by atoms with Gasteiger partial charge in [0.25, 0.3) is 0 Å². The molecule has 1 N–H and O–H groups in total. The third kappa shape index (κ3) is 5.21. The molecule has 7 heteroatoms. The Morgan fingerprint density at radius 2 is 2.03 bits per heavy atom. The minimum atomic E-state index is -0.0940. The molecule has 1 aliphatic heterocycles. The van der Waals surface area contributed by atoms with Crippen molar-refractivity contribution in [3.05, 3.63) is 47.3 Å². The largest absolute Gasteiger partial charge is 0.497 e. The van der Waals surface area contributed by atoms with Gasteiger partial charge in [0.05, 0.1) is 37.5 Å². The third-order valence-electron chi connectivity index (χ3n) is 6.20. The van der Waals surface area contributed by atoms with Gasteiger partial charge in [-0.3, -0.25) is 4.79 Å². The van der Waals surface area contributed by atoms with E-state index in [1.807, 2.05) is 30.5 Å². The smallest absolute Gasteiger partial charge is 0.225 e. The van der Waals surface area contributed by atoms with E-state index >= 15 is 0 Å². The molecule has 1 amide bonds. The maximum atomic E-state index is 12.9. The second-order valence-electron chi connectivity index (χ2n) is 9.93. The van der Waals surface area contributed by atoms with Gasteiger partial charge in [-0.15, -0.1) is 0 Å². The average molecular weight is 439 g/mol. The third-order valence-corrected chi connectivity index (χ3v) is 6.20. The van der Waals surface area contributed by atoms with Gasteiger partial charge in [0.2, 0.25) is 11.9 Å². The molecule has 1 saturated heterocycles.